The predicted molar refractivity (Wildman–Crippen MR) is 110 cm³/mol. The van der Waals surface area contributed by atoms with Crippen molar-refractivity contribution in [3.8, 4) is 11.8 Å². The quantitative estimate of drug-likeness (QED) is 0.285. The zero-order valence-electron chi connectivity index (χ0n) is 15.1. The van der Waals surface area contributed by atoms with Gasteiger partial charge in [-0.15, -0.1) is 0 Å². The van der Waals surface area contributed by atoms with Gasteiger partial charge in [0.2, 0.25) is 5.78 Å². The maximum absolute atomic E-state index is 14.2. The van der Waals surface area contributed by atoms with E-state index in [1.165, 1.54) is 12.1 Å². The molecule has 3 nitrogen and oxygen atoms in total. The fourth-order valence-corrected chi connectivity index (χ4v) is 3.44. The number of nitriles is 1. The lowest BCUT2D eigenvalue weighted by Gasteiger charge is -2.10. The van der Waals surface area contributed by atoms with E-state index in [1.54, 1.807) is 60.9 Å². The Hall–Kier alpha value is -2.87. The highest BCUT2D eigenvalue weighted by atomic mass is 35.5. The zero-order chi connectivity index (χ0) is 20.4. The number of halogens is 3. The topological polar surface area (TPSA) is 45.8 Å². The van der Waals surface area contributed by atoms with E-state index in [-0.39, 0.29) is 10.6 Å². The summed E-state index contributed by atoms with van der Waals surface area (Å²) >= 11 is 12.2. The lowest BCUT2D eigenvalue weighted by molar-refractivity contribution is 0.103. The fourth-order valence-electron chi connectivity index (χ4n) is 3.08. The summed E-state index contributed by atoms with van der Waals surface area (Å²) < 4.78 is 15.9. The number of nitrogens with zero attached hydrogens (tertiary/aromatic N) is 2. The first kappa shape index (κ1) is 19.9. The third-order valence-electron chi connectivity index (χ3n) is 4.42. The van der Waals surface area contributed by atoms with E-state index in [1.807, 2.05) is 6.07 Å². The average Bonchev–Trinajstić information content (AvgIpc) is 2.97. The van der Waals surface area contributed by atoms with Gasteiger partial charge in [0.05, 0.1) is 15.7 Å². The molecule has 0 unspecified atom stereocenters. The maximum Gasteiger partial charge on any atom is 0.205 e. The van der Waals surface area contributed by atoms with Crippen molar-refractivity contribution in [1.29, 1.82) is 5.26 Å². The molecule has 0 aliphatic carbocycles. The second-order valence-electron chi connectivity index (χ2n) is 6.21. The van der Waals surface area contributed by atoms with Gasteiger partial charge in [0.1, 0.15) is 17.5 Å². The van der Waals surface area contributed by atoms with Crippen LogP contribution in [0, 0.1) is 31.0 Å². The molecule has 1 aromatic heterocycles. The van der Waals surface area contributed by atoms with E-state index in [0.717, 1.165) is 0 Å². The minimum absolute atomic E-state index is 0.0852. The normalized spacial score (nSPS) is 11.4. The maximum atomic E-state index is 14.2. The van der Waals surface area contributed by atoms with E-state index in [4.69, 9.17) is 23.2 Å². The molecule has 0 N–H and O–H groups in total. The van der Waals surface area contributed by atoms with Crippen molar-refractivity contribution in [3.63, 3.8) is 0 Å². The van der Waals surface area contributed by atoms with Crippen LogP contribution in [0.2, 0.25) is 10.0 Å². The van der Waals surface area contributed by atoms with E-state index < -0.39 is 11.6 Å². The number of aromatic nitrogens is 1. The molecular formula is C22H15Cl2FN2O. The van der Waals surface area contributed by atoms with Crippen molar-refractivity contribution < 1.29 is 9.18 Å². The smallest absolute Gasteiger partial charge is 0.205 e. The van der Waals surface area contributed by atoms with Crippen molar-refractivity contribution in [2.45, 2.75) is 13.8 Å². The van der Waals surface area contributed by atoms with Gasteiger partial charge < -0.3 is 4.57 Å². The lowest BCUT2D eigenvalue weighted by Crippen LogP contribution is -2.06. The van der Waals surface area contributed by atoms with Gasteiger partial charge in [0.25, 0.3) is 0 Å². The Kier molecular flexibility index (Phi) is 5.69. The summed E-state index contributed by atoms with van der Waals surface area (Å²) in [5.41, 5.74) is 2.29. The van der Waals surface area contributed by atoms with Crippen LogP contribution in [0.3, 0.4) is 0 Å². The summed E-state index contributed by atoms with van der Waals surface area (Å²) in [7, 11) is 0. The van der Waals surface area contributed by atoms with Crippen LogP contribution in [0.1, 0.15) is 27.3 Å². The number of benzene rings is 2. The molecule has 6 heteroatoms. The van der Waals surface area contributed by atoms with Crippen molar-refractivity contribution in [1.82, 2.24) is 4.57 Å². The van der Waals surface area contributed by atoms with Crippen LogP contribution in [0.15, 0.2) is 54.1 Å². The SMILES string of the molecule is Cc1cc(C(=O)C(C#N)=Cc2cccc(Cl)c2Cl)c(C)n1-c1ccccc1F. The summed E-state index contributed by atoms with van der Waals surface area (Å²) in [6, 6.07) is 14.9. The van der Waals surface area contributed by atoms with Crippen molar-refractivity contribution >= 4 is 35.1 Å². The molecule has 0 saturated heterocycles. The van der Waals surface area contributed by atoms with Gasteiger partial charge in [-0.05, 0) is 49.8 Å². The van der Waals surface area contributed by atoms with Gasteiger partial charge in [-0.25, -0.2) is 4.39 Å². The molecule has 2 aromatic carbocycles. The molecule has 0 aliphatic rings. The first-order valence-corrected chi connectivity index (χ1v) is 9.15. The second kappa shape index (κ2) is 8.02. The molecule has 0 amide bonds. The van der Waals surface area contributed by atoms with E-state index in [0.29, 0.717) is 33.2 Å². The Bertz CT molecular complexity index is 1160. The van der Waals surface area contributed by atoms with Crippen LogP contribution in [0.25, 0.3) is 11.8 Å². The highest BCUT2D eigenvalue weighted by Crippen LogP contribution is 2.29. The van der Waals surface area contributed by atoms with Crippen molar-refractivity contribution in [3.05, 3.63) is 92.5 Å². The highest BCUT2D eigenvalue weighted by molar-refractivity contribution is 6.43. The van der Waals surface area contributed by atoms with Crippen LogP contribution < -0.4 is 0 Å². The molecule has 1 heterocycles. The molecule has 140 valence electrons. The number of ketones is 1. The molecule has 0 fully saturated rings. The van der Waals surface area contributed by atoms with Gasteiger partial charge in [0.15, 0.2) is 0 Å². The molecular weight excluding hydrogens is 398 g/mol. The minimum Gasteiger partial charge on any atom is -0.315 e. The summed E-state index contributed by atoms with van der Waals surface area (Å²) in [6.45, 7) is 3.49. The Labute approximate surface area is 172 Å². The zero-order valence-corrected chi connectivity index (χ0v) is 16.6. The van der Waals surface area contributed by atoms with Crippen LogP contribution >= 0.6 is 23.2 Å². The first-order valence-electron chi connectivity index (χ1n) is 8.39. The third kappa shape index (κ3) is 3.60. The van der Waals surface area contributed by atoms with Crippen LogP contribution in [-0.2, 0) is 0 Å². The standard InChI is InChI=1S/C22H15Cl2FN2O/c1-13-10-17(14(2)27(13)20-9-4-3-8-19(20)25)22(28)16(12-26)11-15-6-5-7-18(23)21(15)24/h3-11H,1-2H3. The monoisotopic (exact) mass is 412 g/mol. The molecule has 0 spiro atoms. The first-order chi connectivity index (χ1) is 13.3. The van der Waals surface area contributed by atoms with Gasteiger partial charge in [-0.2, -0.15) is 5.26 Å². The van der Waals surface area contributed by atoms with Gasteiger partial charge in [-0.3, -0.25) is 4.79 Å². The van der Waals surface area contributed by atoms with Gasteiger partial charge in [0, 0.05) is 17.0 Å². The lowest BCUT2D eigenvalue weighted by atomic mass is 10.0. The average molecular weight is 413 g/mol. The number of Topliss-reactive ketones (excluding diaryl/α,β-unsaturated/α-hetero) is 1. The molecule has 0 aliphatic heterocycles. The Morgan fingerprint density at radius 2 is 1.86 bits per heavy atom. The summed E-state index contributed by atoms with van der Waals surface area (Å²) in [5, 5.41) is 10.1. The highest BCUT2D eigenvalue weighted by Gasteiger charge is 2.21. The number of hydrogen-bond donors (Lipinski definition) is 0. The summed E-state index contributed by atoms with van der Waals surface area (Å²) in [5.74, 6) is -0.862. The summed E-state index contributed by atoms with van der Waals surface area (Å²) in [6.07, 6.45) is 1.41. The molecule has 3 aromatic rings. The number of para-hydroxylation sites is 1. The number of rotatable bonds is 4. The number of aryl methyl sites for hydroxylation is 1. The van der Waals surface area contributed by atoms with Crippen LogP contribution in [0.4, 0.5) is 4.39 Å². The molecule has 0 atom stereocenters. The fraction of sp³-hybridized carbons (Fsp3) is 0.0909. The Balaban J connectivity index is 2.09. The number of carbonyl (C=O) groups excluding carboxylic acids is 1. The Morgan fingerprint density at radius 3 is 2.54 bits per heavy atom. The second-order valence-corrected chi connectivity index (χ2v) is 7.00. The van der Waals surface area contributed by atoms with Crippen molar-refractivity contribution in [2.24, 2.45) is 0 Å². The summed E-state index contributed by atoms with van der Waals surface area (Å²) in [4.78, 5) is 13.0. The predicted octanol–water partition coefficient (Wildman–Crippen LogP) is 6.33. The van der Waals surface area contributed by atoms with Gasteiger partial charge >= 0.3 is 0 Å². The number of carbonyl (C=O) groups is 1. The number of allylic oxidation sites excluding steroid dienone is 1. The Morgan fingerprint density at radius 1 is 1.14 bits per heavy atom. The van der Waals surface area contributed by atoms with Crippen molar-refractivity contribution in [2.75, 3.05) is 0 Å². The molecule has 0 bridgehead atoms. The van der Waals surface area contributed by atoms with E-state index in [2.05, 4.69) is 0 Å². The minimum atomic E-state index is -0.464. The number of hydrogen-bond acceptors (Lipinski definition) is 2. The molecule has 0 saturated carbocycles. The largest absolute Gasteiger partial charge is 0.315 e. The third-order valence-corrected chi connectivity index (χ3v) is 5.25. The van der Waals surface area contributed by atoms with Gasteiger partial charge in [-0.1, -0.05) is 47.5 Å². The molecule has 28 heavy (non-hydrogen) atoms. The van der Waals surface area contributed by atoms with E-state index in [9.17, 15) is 14.4 Å². The molecule has 3 rings (SSSR count). The van der Waals surface area contributed by atoms with Crippen LogP contribution in [-0.4, -0.2) is 10.4 Å². The van der Waals surface area contributed by atoms with Crippen LogP contribution in [0.5, 0.6) is 0 Å². The van der Waals surface area contributed by atoms with E-state index >= 15 is 0 Å². The molecule has 0 radical (unpaired) electrons.